The first-order valence-electron chi connectivity index (χ1n) is 6.43. The number of unbranched alkanes of at least 4 members (excludes halogenated alkanes) is 2. The van der Waals surface area contributed by atoms with Gasteiger partial charge in [0.05, 0.1) is 11.5 Å². The maximum atomic E-state index is 11.1. The highest BCUT2D eigenvalue weighted by atomic mass is 32.2. The number of hydrogen-bond donors (Lipinski definition) is 1. The van der Waals surface area contributed by atoms with Gasteiger partial charge in [0.1, 0.15) is 5.75 Å². The van der Waals surface area contributed by atoms with Gasteiger partial charge in [-0.1, -0.05) is 33.6 Å². The van der Waals surface area contributed by atoms with Crippen molar-refractivity contribution in [3.63, 3.8) is 0 Å². The van der Waals surface area contributed by atoms with Crippen LogP contribution < -0.4 is 4.74 Å². The molecule has 0 fully saturated rings. The molecule has 0 bridgehead atoms. The summed E-state index contributed by atoms with van der Waals surface area (Å²) in [5.74, 6) is 1.10. The third-order valence-electron chi connectivity index (χ3n) is 2.81. The number of benzene rings is 1. The van der Waals surface area contributed by atoms with E-state index in [1.165, 1.54) is 6.42 Å². The molecule has 0 saturated heterocycles. The Bertz CT molecular complexity index is 402. The summed E-state index contributed by atoms with van der Waals surface area (Å²) < 4.78 is 25.9. The summed E-state index contributed by atoms with van der Waals surface area (Å²) in [6, 6.07) is 5.21. The van der Waals surface area contributed by atoms with Crippen LogP contribution in [0.5, 0.6) is 5.75 Å². The van der Waals surface area contributed by atoms with Crippen LogP contribution in [0.15, 0.2) is 23.1 Å². The Morgan fingerprint density at radius 2 is 2.06 bits per heavy atom. The third-order valence-corrected chi connectivity index (χ3v) is 3.47. The van der Waals surface area contributed by atoms with Gasteiger partial charge in [0, 0.05) is 0 Å². The molecule has 1 aromatic carbocycles. The van der Waals surface area contributed by atoms with E-state index in [-0.39, 0.29) is 5.92 Å². The maximum Gasteiger partial charge on any atom is 0.186 e. The molecule has 0 spiro atoms. The highest BCUT2D eigenvalue weighted by Gasteiger charge is 2.11. The van der Waals surface area contributed by atoms with Crippen molar-refractivity contribution < 1.29 is 13.5 Å². The summed E-state index contributed by atoms with van der Waals surface area (Å²) >= 11 is -1.93. The van der Waals surface area contributed by atoms with Crippen LogP contribution in [-0.4, -0.2) is 15.4 Å². The van der Waals surface area contributed by atoms with E-state index in [2.05, 4.69) is 20.8 Å². The molecule has 0 aliphatic carbocycles. The summed E-state index contributed by atoms with van der Waals surface area (Å²) in [6.45, 7) is 6.97. The predicted octanol–water partition coefficient (Wildman–Crippen LogP) is 3.96. The lowest BCUT2D eigenvalue weighted by atomic mass is 10.0. The zero-order valence-electron chi connectivity index (χ0n) is 11.3. The second-order valence-electron chi connectivity index (χ2n) is 4.66. The van der Waals surface area contributed by atoms with Crippen molar-refractivity contribution in [2.45, 2.75) is 50.8 Å². The maximum absolute atomic E-state index is 11.1. The molecule has 1 unspecified atom stereocenters. The van der Waals surface area contributed by atoms with Gasteiger partial charge in [-0.15, -0.1) is 0 Å². The molecule has 0 amide bonds. The Hall–Kier alpha value is -0.870. The lowest BCUT2D eigenvalue weighted by Crippen LogP contribution is -2.02. The lowest BCUT2D eigenvalue weighted by molar-refractivity contribution is 0.302. The minimum absolute atomic E-state index is 0.273. The summed E-state index contributed by atoms with van der Waals surface area (Å²) in [4.78, 5) is 0.430. The number of hydrogen-bond acceptors (Lipinski definition) is 2. The molecule has 4 heteroatoms. The second-order valence-corrected chi connectivity index (χ2v) is 5.63. The summed E-state index contributed by atoms with van der Waals surface area (Å²) in [5, 5.41) is 0. The normalized spacial score (nSPS) is 12.7. The molecular weight excluding hydrogens is 248 g/mol. The monoisotopic (exact) mass is 270 g/mol. The van der Waals surface area contributed by atoms with E-state index < -0.39 is 11.1 Å². The van der Waals surface area contributed by atoms with Crippen molar-refractivity contribution in [1.29, 1.82) is 0 Å². The van der Waals surface area contributed by atoms with Crippen LogP contribution in [-0.2, 0) is 11.1 Å². The molecule has 1 N–H and O–H groups in total. The summed E-state index contributed by atoms with van der Waals surface area (Å²) in [7, 11) is 0. The smallest absolute Gasteiger partial charge is 0.186 e. The van der Waals surface area contributed by atoms with Gasteiger partial charge in [-0.2, -0.15) is 0 Å². The van der Waals surface area contributed by atoms with E-state index in [0.29, 0.717) is 11.5 Å². The molecule has 0 radical (unpaired) electrons. The van der Waals surface area contributed by atoms with E-state index in [9.17, 15) is 4.21 Å². The number of rotatable bonds is 7. The van der Waals surface area contributed by atoms with E-state index in [0.717, 1.165) is 24.2 Å². The quantitative estimate of drug-likeness (QED) is 0.602. The molecule has 0 aliphatic rings. The highest BCUT2D eigenvalue weighted by Crippen LogP contribution is 2.28. The average Bonchev–Trinajstić information content (AvgIpc) is 2.34. The molecule has 1 atom stereocenters. The van der Waals surface area contributed by atoms with Gasteiger partial charge < -0.3 is 9.29 Å². The van der Waals surface area contributed by atoms with Gasteiger partial charge in [-0.3, -0.25) is 0 Å². The summed E-state index contributed by atoms with van der Waals surface area (Å²) in [5.41, 5.74) is 0.992. The van der Waals surface area contributed by atoms with Gasteiger partial charge in [0.25, 0.3) is 0 Å². The minimum atomic E-state index is -1.93. The van der Waals surface area contributed by atoms with Crippen LogP contribution in [0.1, 0.15) is 51.5 Å². The fraction of sp³-hybridized carbons (Fsp3) is 0.571. The predicted molar refractivity (Wildman–Crippen MR) is 74.6 cm³/mol. The van der Waals surface area contributed by atoms with Crippen LogP contribution in [0.2, 0.25) is 0 Å². The Morgan fingerprint density at radius 1 is 1.33 bits per heavy atom. The topological polar surface area (TPSA) is 46.5 Å². The molecule has 0 heterocycles. The fourth-order valence-corrected chi connectivity index (χ4v) is 2.16. The van der Waals surface area contributed by atoms with Crippen molar-refractivity contribution in [3.05, 3.63) is 23.8 Å². The van der Waals surface area contributed by atoms with E-state index >= 15 is 0 Å². The van der Waals surface area contributed by atoms with Crippen molar-refractivity contribution in [1.82, 2.24) is 0 Å². The first-order chi connectivity index (χ1) is 8.56. The minimum Gasteiger partial charge on any atom is -0.493 e. The van der Waals surface area contributed by atoms with Crippen LogP contribution in [0.25, 0.3) is 0 Å². The van der Waals surface area contributed by atoms with Gasteiger partial charge in [-0.05, 0) is 36.1 Å². The molecule has 3 nitrogen and oxygen atoms in total. The Labute approximate surface area is 112 Å². The SMILES string of the molecule is CCCCCOc1ccc(S(=O)O)cc1C(C)C. The first-order valence-corrected chi connectivity index (χ1v) is 7.54. The molecule has 102 valence electrons. The Morgan fingerprint density at radius 3 is 2.61 bits per heavy atom. The van der Waals surface area contributed by atoms with E-state index in [4.69, 9.17) is 9.29 Å². The van der Waals surface area contributed by atoms with Gasteiger partial charge in [0.15, 0.2) is 11.1 Å². The molecule has 0 aliphatic heterocycles. The van der Waals surface area contributed by atoms with Crippen molar-refractivity contribution in [3.8, 4) is 5.75 Å². The van der Waals surface area contributed by atoms with Crippen molar-refractivity contribution in [2.75, 3.05) is 6.61 Å². The third kappa shape index (κ3) is 4.42. The lowest BCUT2D eigenvalue weighted by Gasteiger charge is -2.14. The van der Waals surface area contributed by atoms with Gasteiger partial charge in [0.2, 0.25) is 0 Å². The largest absolute Gasteiger partial charge is 0.493 e. The molecule has 18 heavy (non-hydrogen) atoms. The zero-order valence-corrected chi connectivity index (χ0v) is 12.1. The standard InChI is InChI=1S/C14H22O3S/c1-4-5-6-9-17-14-8-7-12(18(15)16)10-13(14)11(2)3/h7-8,10-11H,4-6,9H2,1-3H3,(H,15,16). The average molecular weight is 270 g/mol. The molecule has 0 saturated carbocycles. The Kier molecular flexibility index (Phi) is 6.36. The fourth-order valence-electron chi connectivity index (χ4n) is 1.75. The molecule has 1 aromatic rings. The van der Waals surface area contributed by atoms with Crippen LogP contribution >= 0.6 is 0 Å². The molecule has 1 rings (SSSR count). The second kappa shape index (κ2) is 7.54. The summed E-state index contributed by atoms with van der Waals surface area (Å²) in [6.07, 6.45) is 3.38. The van der Waals surface area contributed by atoms with Crippen LogP contribution in [0.4, 0.5) is 0 Å². The van der Waals surface area contributed by atoms with E-state index in [1.54, 1.807) is 18.2 Å². The van der Waals surface area contributed by atoms with Crippen LogP contribution in [0, 0.1) is 0 Å². The Balaban J connectivity index is 2.80. The number of ether oxygens (including phenoxy) is 1. The van der Waals surface area contributed by atoms with Crippen LogP contribution in [0.3, 0.4) is 0 Å². The molecular formula is C14H22O3S. The first kappa shape index (κ1) is 15.2. The zero-order chi connectivity index (χ0) is 13.5. The highest BCUT2D eigenvalue weighted by molar-refractivity contribution is 7.79. The van der Waals surface area contributed by atoms with E-state index in [1.807, 2.05) is 0 Å². The van der Waals surface area contributed by atoms with Gasteiger partial charge >= 0.3 is 0 Å². The van der Waals surface area contributed by atoms with Crippen molar-refractivity contribution in [2.24, 2.45) is 0 Å². The van der Waals surface area contributed by atoms with Crippen molar-refractivity contribution >= 4 is 11.1 Å². The molecule has 0 aromatic heterocycles. The van der Waals surface area contributed by atoms with Gasteiger partial charge in [-0.25, -0.2) is 4.21 Å².